The number of ether oxygens (including phenoxy) is 1. The molecule has 0 saturated carbocycles. The van der Waals surface area contributed by atoms with Crippen molar-refractivity contribution in [1.82, 2.24) is 0 Å². The van der Waals surface area contributed by atoms with Gasteiger partial charge in [0.15, 0.2) is 5.82 Å². The summed E-state index contributed by atoms with van der Waals surface area (Å²) in [5, 5.41) is 2.78. The molecule has 0 aliphatic carbocycles. The Kier molecular flexibility index (Phi) is 4.78. The van der Waals surface area contributed by atoms with Crippen LogP contribution in [0.1, 0.15) is 6.92 Å². The molecule has 84 valence electrons. The van der Waals surface area contributed by atoms with Crippen LogP contribution >= 0.6 is 11.6 Å². The van der Waals surface area contributed by atoms with Crippen molar-refractivity contribution >= 4 is 17.3 Å². The lowest BCUT2D eigenvalue weighted by atomic mass is 10.3. The van der Waals surface area contributed by atoms with E-state index in [-0.39, 0.29) is 10.7 Å². The van der Waals surface area contributed by atoms with Crippen LogP contribution in [0, 0.1) is 11.6 Å². The van der Waals surface area contributed by atoms with Crippen LogP contribution in [-0.4, -0.2) is 19.8 Å². The van der Waals surface area contributed by atoms with Crippen molar-refractivity contribution in [2.24, 2.45) is 0 Å². The Morgan fingerprint density at radius 3 is 2.73 bits per heavy atom. The number of anilines is 1. The van der Waals surface area contributed by atoms with Gasteiger partial charge in [-0.05, 0) is 13.0 Å². The van der Waals surface area contributed by atoms with Gasteiger partial charge < -0.3 is 10.1 Å². The Balaban J connectivity index is 2.60. The molecule has 1 rings (SSSR count). The topological polar surface area (TPSA) is 21.3 Å². The molecule has 0 bridgehead atoms. The molecule has 0 saturated heterocycles. The summed E-state index contributed by atoms with van der Waals surface area (Å²) in [6.07, 6.45) is 0. The molecule has 0 spiro atoms. The molecule has 1 aromatic rings. The van der Waals surface area contributed by atoms with Gasteiger partial charge in [-0.25, -0.2) is 8.78 Å². The first-order valence-corrected chi connectivity index (χ1v) is 4.99. The molecule has 0 aliphatic rings. The number of rotatable bonds is 5. The molecule has 0 fully saturated rings. The van der Waals surface area contributed by atoms with E-state index in [0.29, 0.717) is 19.8 Å². The van der Waals surface area contributed by atoms with Gasteiger partial charge in [-0.2, -0.15) is 0 Å². The first-order chi connectivity index (χ1) is 7.15. The summed E-state index contributed by atoms with van der Waals surface area (Å²) in [4.78, 5) is 0. The van der Waals surface area contributed by atoms with Crippen LogP contribution in [0.5, 0.6) is 0 Å². The summed E-state index contributed by atoms with van der Waals surface area (Å²) in [7, 11) is 0. The second-order valence-corrected chi connectivity index (χ2v) is 3.28. The Morgan fingerprint density at radius 1 is 1.40 bits per heavy atom. The largest absolute Gasteiger partial charge is 0.380 e. The molecule has 0 unspecified atom stereocenters. The third-order valence-corrected chi connectivity index (χ3v) is 2.06. The smallest absolute Gasteiger partial charge is 0.150 e. The SMILES string of the molecule is CCOCCNc1c(F)cc(F)cc1Cl. The number of benzene rings is 1. The first kappa shape index (κ1) is 12.2. The van der Waals surface area contributed by atoms with Gasteiger partial charge >= 0.3 is 0 Å². The fourth-order valence-electron chi connectivity index (χ4n) is 1.10. The molecule has 0 aromatic heterocycles. The van der Waals surface area contributed by atoms with Crippen LogP contribution in [0.4, 0.5) is 14.5 Å². The van der Waals surface area contributed by atoms with Crippen LogP contribution in [0.2, 0.25) is 5.02 Å². The minimum atomic E-state index is -0.698. The van der Waals surface area contributed by atoms with Crippen molar-refractivity contribution in [2.45, 2.75) is 6.92 Å². The van der Waals surface area contributed by atoms with Crippen LogP contribution in [-0.2, 0) is 4.74 Å². The van der Waals surface area contributed by atoms with Crippen molar-refractivity contribution in [3.63, 3.8) is 0 Å². The zero-order valence-corrected chi connectivity index (χ0v) is 9.07. The van der Waals surface area contributed by atoms with Crippen molar-refractivity contribution in [3.05, 3.63) is 28.8 Å². The van der Waals surface area contributed by atoms with E-state index in [4.69, 9.17) is 16.3 Å². The van der Waals surface area contributed by atoms with E-state index in [1.807, 2.05) is 6.92 Å². The fourth-order valence-corrected chi connectivity index (χ4v) is 1.36. The number of hydrogen-bond donors (Lipinski definition) is 1. The number of halogens is 3. The van der Waals surface area contributed by atoms with Crippen molar-refractivity contribution in [2.75, 3.05) is 25.1 Å². The van der Waals surface area contributed by atoms with Gasteiger partial charge in [0.2, 0.25) is 0 Å². The Morgan fingerprint density at radius 2 is 2.13 bits per heavy atom. The van der Waals surface area contributed by atoms with Crippen LogP contribution in [0.3, 0.4) is 0 Å². The van der Waals surface area contributed by atoms with E-state index in [2.05, 4.69) is 5.32 Å². The zero-order valence-electron chi connectivity index (χ0n) is 8.32. The quantitative estimate of drug-likeness (QED) is 0.792. The van der Waals surface area contributed by atoms with Gasteiger partial charge in [-0.15, -0.1) is 0 Å². The zero-order chi connectivity index (χ0) is 11.3. The lowest BCUT2D eigenvalue weighted by Crippen LogP contribution is -2.10. The minimum absolute atomic E-state index is 0.0315. The van der Waals surface area contributed by atoms with Crippen molar-refractivity contribution in [3.8, 4) is 0 Å². The Labute approximate surface area is 92.2 Å². The molecular weight excluding hydrogens is 224 g/mol. The maximum atomic E-state index is 13.2. The van der Waals surface area contributed by atoms with E-state index in [0.717, 1.165) is 12.1 Å². The first-order valence-electron chi connectivity index (χ1n) is 4.61. The maximum absolute atomic E-state index is 13.2. The lowest BCUT2D eigenvalue weighted by molar-refractivity contribution is 0.158. The number of nitrogens with one attached hydrogen (secondary N) is 1. The molecule has 1 N–H and O–H groups in total. The molecule has 0 radical (unpaired) electrons. The average molecular weight is 236 g/mol. The van der Waals surface area contributed by atoms with Gasteiger partial charge in [-0.3, -0.25) is 0 Å². The van der Waals surface area contributed by atoms with E-state index >= 15 is 0 Å². The highest BCUT2D eigenvalue weighted by molar-refractivity contribution is 6.33. The highest BCUT2D eigenvalue weighted by atomic mass is 35.5. The summed E-state index contributed by atoms with van der Waals surface area (Å²) in [5.41, 5.74) is 0.109. The van der Waals surface area contributed by atoms with Crippen LogP contribution < -0.4 is 5.32 Å². The average Bonchev–Trinajstić information content (AvgIpc) is 2.15. The number of hydrogen-bond acceptors (Lipinski definition) is 2. The summed E-state index contributed by atoms with van der Waals surface area (Å²) in [6.45, 7) is 3.34. The lowest BCUT2D eigenvalue weighted by Gasteiger charge is -2.09. The highest BCUT2D eigenvalue weighted by Crippen LogP contribution is 2.25. The van der Waals surface area contributed by atoms with E-state index < -0.39 is 11.6 Å². The second kappa shape index (κ2) is 5.88. The van der Waals surface area contributed by atoms with E-state index in [9.17, 15) is 8.78 Å². The fraction of sp³-hybridized carbons (Fsp3) is 0.400. The van der Waals surface area contributed by atoms with Gasteiger partial charge in [0.25, 0.3) is 0 Å². The predicted molar refractivity (Wildman–Crippen MR) is 56.4 cm³/mol. The summed E-state index contributed by atoms with van der Waals surface area (Å²) < 4.78 is 30.9. The van der Waals surface area contributed by atoms with Crippen LogP contribution in [0.25, 0.3) is 0 Å². The molecule has 0 atom stereocenters. The van der Waals surface area contributed by atoms with Crippen LogP contribution in [0.15, 0.2) is 12.1 Å². The van der Waals surface area contributed by atoms with Gasteiger partial charge in [-0.1, -0.05) is 11.6 Å². The van der Waals surface area contributed by atoms with E-state index in [1.54, 1.807) is 0 Å². The van der Waals surface area contributed by atoms with E-state index in [1.165, 1.54) is 0 Å². The monoisotopic (exact) mass is 235 g/mol. The molecule has 0 aliphatic heterocycles. The van der Waals surface area contributed by atoms with Crippen molar-refractivity contribution in [1.29, 1.82) is 0 Å². The molecule has 5 heteroatoms. The standard InChI is InChI=1S/C10H12ClF2NO/c1-2-15-4-3-14-10-8(11)5-7(12)6-9(10)13/h5-6,14H,2-4H2,1H3. The molecule has 15 heavy (non-hydrogen) atoms. The highest BCUT2D eigenvalue weighted by Gasteiger charge is 2.08. The molecule has 0 heterocycles. The Hall–Kier alpha value is -0.870. The minimum Gasteiger partial charge on any atom is -0.380 e. The summed E-state index contributed by atoms with van der Waals surface area (Å²) >= 11 is 5.66. The van der Waals surface area contributed by atoms with Gasteiger partial charge in [0.1, 0.15) is 5.82 Å². The molecule has 1 aromatic carbocycles. The summed E-state index contributed by atoms with van der Waals surface area (Å²) in [6, 6.07) is 1.85. The van der Waals surface area contributed by atoms with Crippen molar-refractivity contribution < 1.29 is 13.5 Å². The molecular formula is C10H12ClF2NO. The third kappa shape index (κ3) is 3.64. The molecule has 2 nitrogen and oxygen atoms in total. The maximum Gasteiger partial charge on any atom is 0.150 e. The predicted octanol–water partition coefficient (Wildman–Crippen LogP) is 3.07. The van der Waals surface area contributed by atoms with Gasteiger partial charge in [0, 0.05) is 19.2 Å². The summed E-state index contributed by atoms with van der Waals surface area (Å²) in [5.74, 6) is -1.38. The van der Waals surface area contributed by atoms with Gasteiger partial charge in [0.05, 0.1) is 17.3 Å². The Bertz CT molecular complexity index is 310. The molecule has 0 amide bonds. The normalized spacial score (nSPS) is 10.4. The second-order valence-electron chi connectivity index (χ2n) is 2.87. The third-order valence-electron chi connectivity index (χ3n) is 1.76.